The van der Waals surface area contributed by atoms with Gasteiger partial charge in [0.2, 0.25) is 0 Å². The van der Waals surface area contributed by atoms with Gasteiger partial charge in [0, 0.05) is 10.4 Å². The molecule has 0 amide bonds. The molecule has 0 saturated heterocycles. The van der Waals surface area contributed by atoms with E-state index in [0.29, 0.717) is 0 Å². The fourth-order valence-corrected chi connectivity index (χ4v) is 2.23. The highest BCUT2D eigenvalue weighted by atomic mass is 32.1. The molecule has 2 rings (SSSR count). The third-order valence-corrected chi connectivity index (χ3v) is 2.93. The molecule has 2 aromatic rings. The molecule has 1 atom stereocenters. The van der Waals surface area contributed by atoms with Gasteiger partial charge in [-0.2, -0.15) is 0 Å². The number of rotatable bonds is 3. The SMILES string of the molecule is CNC(c1ccoc1)c1cccs1. The van der Waals surface area contributed by atoms with Crippen molar-refractivity contribution in [1.29, 1.82) is 0 Å². The predicted octanol–water partition coefficient (Wildman–Crippen LogP) is 2.65. The first kappa shape index (κ1) is 8.53. The lowest BCUT2D eigenvalue weighted by atomic mass is 10.1. The van der Waals surface area contributed by atoms with Crippen LogP contribution in [0.3, 0.4) is 0 Å². The van der Waals surface area contributed by atoms with Crippen LogP contribution in [0.4, 0.5) is 0 Å². The smallest absolute Gasteiger partial charge is 0.0954 e. The van der Waals surface area contributed by atoms with Crippen LogP contribution < -0.4 is 5.32 Å². The Morgan fingerprint density at radius 2 is 2.38 bits per heavy atom. The molecule has 2 aromatic heterocycles. The molecular formula is C10H11NOS. The molecule has 13 heavy (non-hydrogen) atoms. The molecule has 2 heterocycles. The van der Waals surface area contributed by atoms with Crippen molar-refractivity contribution in [3.8, 4) is 0 Å². The van der Waals surface area contributed by atoms with E-state index in [9.17, 15) is 0 Å². The van der Waals surface area contributed by atoms with Crippen molar-refractivity contribution in [3.05, 3.63) is 46.5 Å². The molecule has 0 spiro atoms. The van der Waals surface area contributed by atoms with Crippen molar-refractivity contribution in [2.75, 3.05) is 7.05 Å². The van der Waals surface area contributed by atoms with Crippen LogP contribution in [0.2, 0.25) is 0 Å². The lowest BCUT2D eigenvalue weighted by Gasteiger charge is -2.11. The van der Waals surface area contributed by atoms with Crippen molar-refractivity contribution >= 4 is 11.3 Å². The van der Waals surface area contributed by atoms with Crippen LogP contribution >= 0.6 is 11.3 Å². The van der Waals surface area contributed by atoms with Crippen molar-refractivity contribution in [2.45, 2.75) is 6.04 Å². The Balaban J connectivity index is 2.29. The van der Waals surface area contributed by atoms with E-state index in [2.05, 4.69) is 22.8 Å². The largest absolute Gasteiger partial charge is 0.472 e. The van der Waals surface area contributed by atoms with Crippen LogP contribution in [0.1, 0.15) is 16.5 Å². The molecule has 0 fully saturated rings. The second kappa shape index (κ2) is 3.77. The summed E-state index contributed by atoms with van der Waals surface area (Å²) in [4.78, 5) is 1.31. The molecule has 1 N–H and O–H groups in total. The topological polar surface area (TPSA) is 25.2 Å². The second-order valence-electron chi connectivity index (χ2n) is 2.79. The maximum absolute atomic E-state index is 5.06. The van der Waals surface area contributed by atoms with Crippen LogP contribution in [0.15, 0.2) is 40.5 Å². The average molecular weight is 193 g/mol. The molecule has 0 radical (unpaired) electrons. The third-order valence-electron chi connectivity index (χ3n) is 1.99. The van der Waals surface area contributed by atoms with Crippen LogP contribution in [0.5, 0.6) is 0 Å². The highest BCUT2D eigenvalue weighted by Gasteiger charge is 2.13. The van der Waals surface area contributed by atoms with E-state index in [1.807, 2.05) is 13.1 Å². The molecule has 3 heteroatoms. The third kappa shape index (κ3) is 1.66. The molecule has 0 aliphatic rings. The summed E-state index contributed by atoms with van der Waals surface area (Å²) >= 11 is 1.75. The van der Waals surface area contributed by atoms with Gasteiger partial charge in [0.1, 0.15) is 0 Å². The number of hydrogen-bond acceptors (Lipinski definition) is 3. The Hall–Kier alpha value is -1.06. The Bertz CT molecular complexity index is 305. The molecule has 0 aliphatic carbocycles. The molecule has 0 bridgehead atoms. The summed E-state index contributed by atoms with van der Waals surface area (Å²) in [6, 6.07) is 6.43. The number of thiophene rings is 1. The standard InChI is InChI=1S/C10H11NOS/c1-11-10(8-4-5-12-7-8)9-3-2-6-13-9/h2-7,10-11H,1H3. The minimum absolute atomic E-state index is 0.263. The van der Waals surface area contributed by atoms with Gasteiger partial charge in [-0.3, -0.25) is 0 Å². The van der Waals surface area contributed by atoms with Crippen molar-refractivity contribution in [1.82, 2.24) is 5.32 Å². The number of furan rings is 1. The molecule has 68 valence electrons. The lowest BCUT2D eigenvalue weighted by molar-refractivity contribution is 0.558. The zero-order chi connectivity index (χ0) is 9.10. The van der Waals surface area contributed by atoms with E-state index in [4.69, 9.17) is 4.42 Å². The van der Waals surface area contributed by atoms with E-state index >= 15 is 0 Å². The lowest BCUT2D eigenvalue weighted by Crippen LogP contribution is -2.15. The normalized spacial score (nSPS) is 13.0. The van der Waals surface area contributed by atoms with Gasteiger partial charge in [0.05, 0.1) is 18.6 Å². The maximum atomic E-state index is 5.06. The molecular weight excluding hydrogens is 182 g/mol. The molecule has 0 saturated carbocycles. The van der Waals surface area contributed by atoms with Gasteiger partial charge in [-0.05, 0) is 24.6 Å². The molecule has 0 aliphatic heterocycles. The van der Waals surface area contributed by atoms with Crippen molar-refractivity contribution in [3.63, 3.8) is 0 Å². The van der Waals surface area contributed by atoms with Gasteiger partial charge < -0.3 is 9.73 Å². The molecule has 1 unspecified atom stereocenters. The fourth-order valence-electron chi connectivity index (χ4n) is 1.37. The van der Waals surface area contributed by atoms with Gasteiger partial charge >= 0.3 is 0 Å². The first-order chi connectivity index (χ1) is 6.42. The summed E-state index contributed by atoms with van der Waals surface area (Å²) in [6.45, 7) is 0. The zero-order valence-corrected chi connectivity index (χ0v) is 8.17. The van der Waals surface area contributed by atoms with Gasteiger partial charge in [-0.1, -0.05) is 6.07 Å². The Morgan fingerprint density at radius 3 is 2.92 bits per heavy atom. The van der Waals surface area contributed by atoms with Crippen molar-refractivity contribution < 1.29 is 4.42 Å². The van der Waals surface area contributed by atoms with Gasteiger partial charge in [0.15, 0.2) is 0 Å². The van der Waals surface area contributed by atoms with E-state index in [1.54, 1.807) is 23.9 Å². The van der Waals surface area contributed by atoms with Crippen LogP contribution in [0.25, 0.3) is 0 Å². The maximum Gasteiger partial charge on any atom is 0.0954 e. The van der Waals surface area contributed by atoms with Crippen LogP contribution in [0, 0.1) is 0 Å². The van der Waals surface area contributed by atoms with Crippen LogP contribution in [-0.2, 0) is 0 Å². The van der Waals surface area contributed by atoms with Crippen LogP contribution in [-0.4, -0.2) is 7.05 Å². The summed E-state index contributed by atoms with van der Waals surface area (Å²) in [5.41, 5.74) is 1.17. The summed E-state index contributed by atoms with van der Waals surface area (Å²) < 4.78 is 5.06. The monoisotopic (exact) mass is 193 g/mol. The highest BCUT2D eigenvalue weighted by molar-refractivity contribution is 7.10. The second-order valence-corrected chi connectivity index (χ2v) is 3.77. The van der Waals surface area contributed by atoms with E-state index in [-0.39, 0.29) is 6.04 Å². The summed E-state index contributed by atoms with van der Waals surface area (Å²) in [5.74, 6) is 0. The van der Waals surface area contributed by atoms with E-state index in [1.165, 1.54) is 10.4 Å². The van der Waals surface area contributed by atoms with E-state index in [0.717, 1.165) is 0 Å². The fraction of sp³-hybridized carbons (Fsp3) is 0.200. The summed E-state index contributed by atoms with van der Waals surface area (Å²) in [5, 5.41) is 5.34. The van der Waals surface area contributed by atoms with Crippen molar-refractivity contribution in [2.24, 2.45) is 0 Å². The predicted molar refractivity (Wildman–Crippen MR) is 53.9 cm³/mol. The average Bonchev–Trinajstić information content (AvgIpc) is 2.76. The van der Waals surface area contributed by atoms with Gasteiger partial charge in [0.25, 0.3) is 0 Å². The first-order valence-electron chi connectivity index (χ1n) is 4.14. The Kier molecular flexibility index (Phi) is 2.47. The zero-order valence-electron chi connectivity index (χ0n) is 7.36. The minimum Gasteiger partial charge on any atom is -0.472 e. The quantitative estimate of drug-likeness (QED) is 0.810. The van der Waals surface area contributed by atoms with Gasteiger partial charge in [-0.25, -0.2) is 0 Å². The molecule has 0 aromatic carbocycles. The Labute approximate surface area is 81.2 Å². The molecule has 2 nitrogen and oxygen atoms in total. The highest BCUT2D eigenvalue weighted by Crippen LogP contribution is 2.25. The summed E-state index contributed by atoms with van der Waals surface area (Å²) in [7, 11) is 1.96. The number of nitrogens with one attached hydrogen (secondary N) is 1. The minimum atomic E-state index is 0.263. The Morgan fingerprint density at radius 1 is 1.46 bits per heavy atom. The first-order valence-corrected chi connectivity index (χ1v) is 5.02. The van der Waals surface area contributed by atoms with E-state index < -0.39 is 0 Å². The number of hydrogen-bond donors (Lipinski definition) is 1. The van der Waals surface area contributed by atoms with Gasteiger partial charge in [-0.15, -0.1) is 11.3 Å². The summed E-state index contributed by atoms with van der Waals surface area (Å²) in [6.07, 6.45) is 3.48.